The highest BCUT2D eigenvalue weighted by Crippen LogP contribution is 2.51. The van der Waals surface area contributed by atoms with Crippen LogP contribution in [0.3, 0.4) is 0 Å². The molecule has 4 heterocycles. The molecule has 14 atom stereocenters. The highest BCUT2D eigenvalue weighted by Gasteiger charge is 2.52. The Morgan fingerprint density at radius 2 is 1.44 bits per heavy atom. The van der Waals surface area contributed by atoms with Gasteiger partial charge in [-0.05, 0) is 31.2 Å². The van der Waals surface area contributed by atoms with E-state index in [0.717, 1.165) is 6.07 Å². The van der Waals surface area contributed by atoms with Crippen molar-refractivity contribution in [2.75, 3.05) is 13.2 Å². The van der Waals surface area contributed by atoms with Crippen LogP contribution in [0.15, 0.2) is 39.5 Å². The molecule has 50 heavy (non-hydrogen) atoms. The SMILES string of the molecule is C[C@@H]1O[C@@H](O[C@@H]2[C@@H](O)[C@H](O)[C@@H](CO)O[C@H]2c2c(O)c([C@@H]3OC[C@@H](O)[C@H](O)[C@H]3O)c(O)c3c(=O)cc(-c4ccc(O)cc4)oc23)[C@H](O)[C@H](O)[C@H]1O. The average Bonchev–Trinajstić information content (AvgIpc) is 3.08. The molecule has 274 valence electrons. The Bertz CT molecular complexity index is 1750. The quantitative estimate of drug-likeness (QED) is 0.122. The summed E-state index contributed by atoms with van der Waals surface area (Å²) in [5.74, 6) is -2.24. The van der Waals surface area contributed by atoms with Gasteiger partial charge in [-0.15, -0.1) is 0 Å². The summed E-state index contributed by atoms with van der Waals surface area (Å²) in [5, 5.41) is 127. The van der Waals surface area contributed by atoms with Crippen LogP contribution in [-0.2, 0) is 18.9 Å². The van der Waals surface area contributed by atoms with Gasteiger partial charge in [0.1, 0.15) is 102 Å². The van der Waals surface area contributed by atoms with E-state index in [1.54, 1.807) is 0 Å². The van der Waals surface area contributed by atoms with Crippen molar-refractivity contribution in [2.24, 2.45) is 0 Å². The van der Waals surface area contributed by atoms with Crippen molar-refractivity contribution in [1.29, 1.82) is 0 Å². The number of aliphatic hydroxyl groups excluding tert-OH is 9. The van der Waals surface area contributed by atoms with Crippen molar-refractivity contribution in [2.45, 2.75) is 92.6 Å². The molecule has 12 N–H and O–H groups in total. The number of phenols is 3. The minimum atomic E-state index is -2.02. The van der Waals surface area contributed by atoms with Crippen LogP contribution in [0.1, 0.15) is 30.3 Å². The Balaban J connectivity index is 1.60. The fraction of sp³-hybridized carbons (Fsp3) is 0.531. The number of ether oxygens (including phenoxy) is 4. The Hall–Kier alpha value is -3.47. The molecule has 0 aliphatic carbocycles. The van der Waals surface area contributed by atoms with Crippen LogP contribution in [-0.4, -0.2) is 148 Å². The van der Waals surface area contributed by atoms with E-state index >= 15 is 0 Å². The highest BCUT2D eigenvalue weighted by atomic mass is 16.7. The summed E-state index contributed by atoms with van der Waals surface area (Å²) in [6.45, 7) is -0.146. The molecule has 3 aliphatic rings. The summed E-state index contributed by atoms with van der Waals surface area (Å²) in [7, 11) is 0. The summed E-state index contributed by atoms with van der Waals surface area (Å²) in [5.41, 5.74) is -2.53. The molecule has 0 amide bonds. The van der Waals surface area contributed by atoms with Crippen LogP contribution >= 0.6 is 0 Å². The summed E-state index contributed by atoms with van der Waals surface area (Å²) in [6.07, 6.45) is -24.7. The number of phenolic OH excluding ortho intramolecular Hbond substituents is 3. The normalized spacial score (nSPS) is 38.0. The lowest BCUT2D eigenvalue weighted by molar-refractivity contribution is -0.338. The number of benzene rings is 2. The maximum absolute atomic E-state index is 13.8. The summed E-state index contributed by atoms with van der Waals surface area (Å²) >= 11 is 0. The largest absolute Gasteiger partial charge is 0.508 e. The predicted molar refractivity (Wildman–Crippen MR) is 164 cm³/mol. The van der Waals surface area contributed by atoms with Gasteiger partial charge in [-0.25, -0.2) is 0 Å². The van der Waals surface area contributed by atoms with E-state index in [-0.39, 0.29) is 17.1 Å². The molecule has 2 aromatic carbocycles. The molecule has 0 radical (unpaired) electrons. The lowest BCUT2D eigenvalue weighted by atomic mass is 9.85. The van der Waals surface area contributed by atoms with Crippen molar-refractivity contribution < 1.29 is 84.6 Å². The summed E-state index contributed by atoms with van der Waals surface area (Å²) in [4.78, 5) is 13.8. The standard InChI is InChI=1S/C32H38O18/c1-9-19(37)24(42)27(45)32(47-9)50-31-26(44)21(39)15(7-33)49-30(31)18-23(41)17(29-25(43)20(38)13(36)8-46-29)22(40)16-12(35)6-14(48-28(16)18)10-2-4-11(34)5-3-10/h2-6,9,13,15,19-21,24-27,29-34,36-45H,7-8H2,1H3/t9-,13+,15+,19-,20-,21+,24+,25+,26-,27+,29-,30-,31+,32-/m0/s1. The zero-order chi connectivity index (χ0) is 36.3. The van der Waals surface area contributed by atoms with Gasteiger partial charge in [-0.2, -0.15) is 0 Å². The highest BCUT2D eigenvalue weighted by molar-refractivity contribution is 5.92. The lowest BCUT2D eigenvalue weighted by Gasteiger charge is -2.46. The Kier molecular flexibility index (Phi) is 10.1. The van der Waals surface area contributed by atoms with E-state index in [1.807, 2.05) is 0 Å². The maximum atomic E-state index is 13.8. The zero-order valence-corrected chi connectivity index (χ0v) is 26.2. The molecule has 3 saturated heterocycles. The second-order valence-electron chi connectivity index (χ2n) is 12.6. The minimum absolute atomic E-state index is 0.117. The molecule has 3 fully saturated rings. The van der Waals surface area contributed by atoms with Gasteiger partial charge in [-0.1, -0.05) is 0 Å². The molecule has 3 aromatic rings. The Morgan fingerprint density at radius 3 is 2.10 bits per heavy atom. The maximum Gasteiger partial charge on any atom is 0.197 e. The van der Waals surface area contributed by atoms with E-state index in [9.17, 15) is 66.1 Å². The second-order valence-corrected chi connectivity index (χ2v) is 12.6. The third kappa shape index (κ3) is 6.11. The minimum Gasteiger partial charge on any atom is -0.508 e. The first-order valence-corrected chi connectivity index (χ1v) is 15.6. The van der Waals surface area contributed by atoms with Crippen LogP contribution in [0.4, 0.5) is 0 Å². The van der Waals surface area contributed by atoms with Crippen LogP contribution in [0, 0.1) is 0 Å². The van der Waals surface area contributed by atoms with E-state index in [4.69, 9.17) is 23.4 Å². The molecular formula is C32H38O18. The van der Waals surface area contributed by atoms with Gasteiger partial charge in [0.25, 0.3) is 0 Å². The summed E-state index contributed by atoms with van der Waals surface area (Å²) in [6, 6.07) is 6.33. The molecule has 6 rings (SSSR count). The first-order valence-electron chi connectivity index (χ1n) is 15.6. The third-order valence-corrected chi connectivity index (χ3v) is 9.38. The van der Waals surface area contributed by atoms with E-state index < -0.39 is 138 Å². The van der Waals surface area contributed by atoms with Crippen LogP contribution in [0.25, 0.3) is 22.3 Å². The third-order valence-electron chi connectivity index (χ3n) is 9.38. The van der Waals surface area contributed by atoms with Gasteiger partial charge >= 0.3 is 0 Å². The first kappa shape index (κ1) is 36.3. The van der Waals surface area contributed by atoms with Gasteiger partial charge in [0, 0.05) is 11.6 Å². The fourth-order valence-electron chi connectivity index (χ4n) is 6.52. The zero-order valence-electron chi connectivity index (χ0n) is 26.2. The molecule has 18 heteroatoms. The monoisotopic (exact) mass is 710 g/mol. The fourth-order valence-corrected chi connectivity index (χ4v) is 6.52. The smallest absolute Gasteiger partial charge is 0.197 e. The lowest BCUT2D eigenvalue weighted by Crippen LogP contribution is -2.61. The second kappa shape index (κ2) is 13.9. The van der Waals surface area contributed by atoms with Crippen molar-refractivity contribution in [3.05, 3.63) is 51.7 Å². The molecule has 3 aliphatic heterocycles. The van der Waals surface area contributed by atoms with Gasteiger partial charge in [0.15, 0.2) is 17.3 Å². The van der Waals surface area contributed by atoms with E-state index in [1.165, 1.54) is 31.2 Å². The van der Waals surface area contributed by atoms with Crippen molar-refractivity contribution in [1.82, 2.24) is 0 Å². The van der Waals surface area contributed by atoms with Crippen molar-refractivity contribution >= 4 is 11.0 Å². The van der Waals surface area contributed by atoms with E-state index in [0.29, 0.717) is 0 Å². The van der Waals surface area contributed by atoms with E-state index in [2.05, 4.69) is 0 Å². The molecule has 0 unspecified atom stereocenters. The van der Waals surface area contributed by atoms with Crippen LogP contribution < -0.4 is 5.43 Å². The average molecular weight is 711 g/mol. The first-order chi connectivity index (χ1) is 23.7. The molecular weight excluding hydrogens is 672 g/mol. The number of aliphatic hydroxyl groups is 9. The molecule has 0 bridgehead atoms. The molecule has 1 aromatic heterocycles. The molecule has 0 saturated carbocycles. The number of fused-ring (bicyclic) bond motifs is 1. The molecule has 0 spiro atoms. The van der Waals surface area contributed by atoms with Gasteiger partial charge < -0.3 is 84.6 Å². The molecule has 18 nitrogen and oxygen atoms in total. The number of hydrogen-bond donors (Lipinski definition) is 12. The number of aromatic hydroxyl groups is 3. The van der Waals surface area contributed by atoms with Gasteiger partial charge in [0.2, 0.25) is 0 Å². The van der Waals surface area contributed by atoms with Gasteiger partial charge in [0.05, 0.1) is 30.4 Å². The van der Waals surface area contributed by atoms with Crippen molar-refractivity contribution in [3.63, 3.8) is 0 Å². The predicted octanol–water partition coefficient (Wildman–Crippen LogP) is -2.90. The van der Waals surface area contributed by atoms with Crippen LogP contribution in [0.5, 0.6) is 17.2 Å². The number of rotatable bonds is 6. The Morgan fingerprint density at radius 1 is 0.760 bits per heavy atom. The topological polar surface area (TPSA) is 310 Å². The number of hydrogen-bond acceptors (Lipinski definition) is 18. The summed E-state index contributed by atoms with van der Waals surface area (Å²) < 4.78 is 28.9. The van der Waals surface area contributed by atoms with Gasteiger partial charge in [-0.3, -0.25) is 4.79 Å². The van der Waals surface area contributed by atoms with Crippen molar-refractivity contribution in [3.8, 4) is 28.6 Å². The van der Waals surface area contributed by atoms with Crippen LogP contribution in [0.2, 0.25) is 0 Å². The Labute approximate surface area is 281 Å².